The van der Waals surface area contributed by atoms with Gasteiger partial charge in [0.15, 0.2) is 17.5 Å². The van der Waals surface area contributed by atoms with Gasteiger partial charge in [-0.1, -0.05) is 25.1 Å². The van der Waals surface area contributed by atoms with Crippen LogP contribution in [0.15, 0.2) is 30.3 Å². The third-order valence-corrected chi connectivity index (χ3v) is 3.47. The Labute approximate surface area is 136 Å². The molecule has 2 aromatic carbocycles. The van der Waals surface area contributed by atoms with E-state index < -0.39 is 35.0 Å². The Kier molecular flexibility index (Phi) is 5.23. The molecule has 0 unspecified atom stereocenters. The monoisotopic (exact) mass is 336 g/mol. The molecule has 0 saturated heterocycles. The third kappa shape index (κ3) is 3.56. The number of rotatable bonds is 3. The maximum Gasteiger partial charge on any atom is 0.314 e. The molecule has 0 atom stereocenters. The number of hydrogen-bond acceptors (Lipinski definition) is 2. The molecule has 2 rings (SSSR count). The molecule has 126 valence electrons. The summed E-state index contributed by atoms with van der Waals surface area (Å²) in [5, 5.41) is 4.38. The molecule has 0 saturated carbocycles. The Morgan fingerprint density at radius 1 is 0.958 bits per heavy atom. The van der Waals surface area contributed by atoms with Gasteiger partial charge < -0.3 is 10.6 Å². The molecule has 0 spiro atoms. The Morgan fingerprint density at radius 2 is 1.62 bits per heavy atom. The van der Waals surface area contributed by atoms with Crippen LogP contribution in [0.3, 0.4) is 0 Å². The van der Waals surface area contributed by atoms with Crippen molar-refractivity contribution in [2.45, 2.75) is 20.3 Å². The SMILES string of the molecule is CCc1cccc(C)c1NC(=O)C(=O)Nc1ccc(F)c(F)c1F. The molecule has 2 aromatic rings. The highest BCUT2D eigenvalue weighted by Gasteiger charge is 2.20. The summed E-state index contributed by atoms with van der Waals surface area (Å²) in [5.41, 5.74) is 1.46. The van der Waals surface area contributed by atoms with Crippen molar-refractivity contribution in [3.63, 3.8) is 0 Å². The molecule has 0 aliphatic carbocycles. The van der Waals surface area contributed by atoms with Crippen molar-refractivity contribution in [3.05, 3.63) is 58.9 Å². The smallest absolute Gasteiger partial charge is 0.314 e. The molecule has 0 heterocycles. The summed E-state index contributed by atoms with van der Waals surface area (Å²) >= 11 is 0. The summed E-state index contributed by atoms with van der Waals surface area (Å²) in [6.45, 7) is 3.66. The van der Waals surface area contributed by atoms with Crippen molar-refractivity contribution in [1.82, 2.24) is 0 Å². The average Bonchev–Trinajstić information content (AvgIpc) is 2.57. The summed E-state index contributed by atoms with van der Waals surface area (Å²) in [7, 11) is 0. The minimum Gasteiger partial charge on any atom is -0.317 e. The predicted octanol–water partition coefficient (Wildman–Crippen LogP) is 3.55. The van der Waals surface area contributed by atoms with Crippen molar-refractivity contribution in [2.24, 2.45) is 0 Å². The van der Waals surface area contributed by atoms with Crippen molar-refractivity contribution < 1.29 is 22.8 Å². The molecule has 0 aromatic heterocycles. The second-order valence-corrected chi connectivity index (χ2v) is 5.09. The number of aryl methyl sites for hydroxylation is 2. The highest BCUT2D eigenvalue weighted by Crippen LogP contribution is 2.22. The number of benzene rings is 2. The van der Waals surface area contributed by atoms with Crippen molar-refractivity contribution in [2.75, 3.05) is 10.6 Å². The Bertz CT molecular complexity index is 807. The van der Waals surface area contributed by atoms with Gasteiger partial charge in [-0.2, -0.15) is 0 Å². The fraction of sp³-hybridized carbons (Fsp3) is 0.176. The highest BCUT2D eigenvalue weighted by molar-refractivity contribution is 6.43. The van der Waals surface area contributed by atoms with Crippen LogP contribution in [0, 0.1) is 24.4 Å². The third-order valence-electron chi connectivity index (χ3n) is 3.47. The standard InChI is InChI=1S/C17H15F3N2O2/c1-3-10-6-4-5-9(2)15(10)22-17(24)16(23)21-12-8-7-11(18)13(19)14(12)20/h4-8H,3H2,1-2H3,(H,21,23)(H,22,24). The predicted molar refractivity (Wildman–Crippen MR) is 84.1 cm³/mol. The fourth-order valence-corrected chi connectivity index (χ4v) is 2.17. The van der Waals surface area contributed by atoms with Gasteiger partial charge in [0.25, 0.3) is 0 Å². The van der Waals surface area contributed by atoms with Crippen LogP contribution in [-0.2, 0) is 16.0 Å². The van der Waals surface area contributed by atoms with Crippen LogP contribution in [0.4, 0.5) is 24.5 Å². The van der Waals surface area contributed by atoms with Gasteiger partial charge in [0, 0.05) is 5.69 Å². The molecule has 0 fully saturated rings. The molecule has 0 radical (unpaired) electrons. The minimum absolute atomic E-state index is 0.492. The van der Waals surface area contributed by atoms with E-state index in [9.17, 15) is 22.8 Å². The van der Waals surface area contributed by atoms with Gasteiger partial charge in [0.1, 0.15) is 0 Å². The van der Waals surface area contributed by atoms with Gasteiger partial charge in [-0.05, 0) is 36.6 Å². The van der Waals surface area contributed by atoms with Crippen LogP contribution < -0.4 is 10.6 Å². The van der Waals surface area contributed by atoms with Crippen LogP contribution in [0.5, 0.6) is 0 Å². The quantitative estimate of drug-likeness (QED) is 0.665. The van der Waals surface area contributed by atoms with E-state index in [0.717, 1.165) is 17.2 Å². The zero-order valence-electron chi connectivity index (χ0n) is 13.0. The highest BCUT2D eigenvalue weighted by atomic mass is 19.2. The van der Waals surface area contributed by atoms with E-state index in [1.807, 2.05) is 18.3 Å². The lowest BCUT2D eigenvalue weighted by Gasteiger charge is -2.13. The van der Waals surface area contributed by atoms with Gasteiger partial charge in [0.2, 0.25) is 0 Å². The zero-order chi connectivity index (χ0) is 17.9. The number of para-hydroxylation sites is 1. The summed E-state index contributed by atoms with van der Waals surface area (Å²) in [6.07, 6.45) is 0.636. The second kappa shape index (κ2) is 7.16. The molecule has 4 nitrogen and oxygen atoms in total. The van der Waals surface area contributed by atoms with E-state index in [1.165, 1.54) is 0 Å². The molecule has 0 aliphatic heterocycles. The molecule has 7 heteroatoms. The first kappa shape index (κ1) is 17.5. The lowest BCUT2D eigenvalue weighted by atomic mass is 10.1. The van der Waals surface area contributed by atoms with Crippen LogP contribution >= 0.6 is 0 Å². The summed E-state index contributed by atoms with van der Waals surface area (Å²) in [6, 6.07) is 6.88. The zero-order valence-corrected chi connectivity index (χ0v) is 13.0. The van der Waals surface area contributed by atoms with Crippen molar-refractivity contribution in [1.29, 1.82) is 0 Å². The maximum atomic E-state index is 13.5. The number of anilines is 2. The first-order valence-electron chi connectivity index (χ1n) is 7.19. The summed E-state index contributed by atoms with van der Waals surface area (Å²) in [4.78, 5) is 23.9. The number of hydrogen-bond donors (Lipinski definition) is 2. The first-order valence-corrected chi connectivity index (χ1v) is 7.19. The van der Waals surface area contributed by atoms with Gasteiger partial charge in [-0.25, -0.2) is 13.2 Å². The van der Waals surface area contributed by atoms with E-state index in [4.69, 9.17) is 0 Å². The first-order chi connectivity index (χ1) is 11.3. The number of halogens is 3. The molecular formula is C17H15F3N2O2. The lowest BCUT2D eigenvalue weighted by Crippen LogP contribution is -2.30. The lowest BCUT2D eigenvalue weighted by molar-refractivity contribution is -0.133. The largest absolute Gasteiger partial charge is 0.317 e. The van der Waals surface area contributed by atoms with Crippen LogP contribution in [0.1, 0.15) is 18.1 Å². The van der Waals surface area contributed by atoms with E-state index >= 15 is 0 Å². The minimum atomic E-state index is -1.72. The normalized spacial score (nSPS) is 10.4. The van der Waals surface area contributed by atoms with E-state index in [2.05, 4.69) is 5.32 Å². The van der Waals surface area contributed by atoms with Crippen molar-refractivity contribution in [3.8, 4) is 0 Å². The topological polar surface area (TPSA) is 58.2 Å². The van der Waals surface area contributed by atoms with Crippen LogP contribution in [-0.4, -0.2) is 11.8 Å². The molecular weight excluding hydrogens is 321 g/mol. The Hall–Kier alpha value is -2.83. The number of nitrogens with one attached hydrogen (secondary N) is 2. The summed E-state index contributed by atoms with van der Waals surface area (Å²) < 4.78 is 39.5. The Morgan fingerprint density at radius 3 is 2.29 bits per heavy atom. The number of carbonyl (C=O) groups excluding carboxylic acids is 2. The molecule has 0 aliphatic rings. The molecule has 2 N–H and O–H groups in total. The Balaban J connectivity index is 2.17. The fourth-order valence-electron chi connectivity index (χ4n) is 2.17. The maximum absolute atomic E-state index is 13.5. The van der Waals surface area contributed by atoms with E-state index in [0.29, 0.717) is 18.2 Å². The summed E-state index contributed by atoms with van der Waals surface area (Å²) in [5.74, 6) is -6.91. The number of carbonyl (C=O) groups is 2. The molecule has 0 bridgehead atoms. The van der Waals surface area contributed by atoms with Gasteiger partial charge in [0.05, 0.1) is 5.69 Å². The van der Waals surface area contributed by atoms with Gasteiger partial charge in [-0.3, -0.25) is 9.59 Å². The second-order valence-electron chi connectivity index (χ2n) is 5.09. The van der Waals surface area contributed by atoms with E-state index in [1.54, 1.807) is 19.1 Å². The van der Waals surface area contributed by atoms with Crippen LogP contribution in [0.25, 0.3) is 0 Å². The molecule has 24 heavy (non-hydrogen) atoms. The van der Waals surface area contributed by atoms with Gasteiger partial charge >= 0.3 is 11.8 Å². The van der Waals surface area contributed by atoms with Crippen molar-refractivity contribution >= 4 is 23.2 Å². The average molecular weight is 336 g/mol. The van der Waals surface area contributed by atoms with E-state index in [-0.39, 0.29) is 0 Å². The van der Waals surface area contributed by atoms with Gasteiger partial charge in [-0.15, -0.1) is 0 Å². The van der Waals surface area contributed by atoms with Crippen LogP contribution in [0.2, 0.25) is 0 Å². The molecule has 2 amide bonds. The number of amides is 2.